The van der Waals surface area contributed by atoms with Gasteiger partial charge in [-0.2, -0.15) is 11.3 Å². The number of fused-ring (bicyclic) bond motifs is 1. The van der Waals surface area contributed by atoms with E-state index < -0.39 is 5.41 Å². The number of amides is 2. The van der Waals surface area contributed by atoms with E-state index in [9.17, 15) is 9.59 Å². The standard InChI is InChI=1S/C16H18N4O2S/c1-16(11-5-7-23-10-11)8-14(21)20(15(16)22)9-13-18-17-12-4-2-3-6-19(12)13/h5,7,10H,2-4,6,8-9H2,1H3/t16-/m1/s1. The Bertz CT molecular complexity index is 767. The fraction of sp³-hybridized carbons (Fsp3) is 0.500. The van der Waals surface area contributed by atoms with Gasteiger partial charge in [-0.15, -0.1) is 10.2 Å². The molecule has 1 atom stereocenters. The molecule has 0 spiro atoms. The van der Waals surface area contributed by atoms with Crippen LogP contribution in [0.1, 0.15) is 43.4 Å². The maximum absolute atomic E-state index is 12.9. The molecule has 2 aromatic heterocycles. The van der Waals surface area contributed by atoms with Crippen molar-refractivity contribution in [2.24, 2.45) is 0 Å². The molecular formula is C16H18N4O2S. The summed E-state index contributed by atoms with van der Waals surface area (Å²) in [4.78, 5) is 26.7. The Balaban J connectivity index is 1.62. The van der Waals surface area contributed by atoms with Gasteiger partial charge < -0.3 is 4.57 Å². The molecule has 1 fully saturated rings. The van der Waals surface area contributed by atoms with Crippen molar-refractivity contribution in [1.29, 1.82) is 0 Å². The van der Waals surface area contributed by atoms with E-state index in [1.54, 1.807) is 11.3 Å². The second-order valence-electron chi connectivity index (χ2n) is 6.45. The number of imide groups is 1. The summed E-state index contributed by atoms with van der Waals surface area (Å²) in [6, 6.07) is 1.93. The van der Waals surface area contributed by atoms with E-state index in [2.05, 4.69) is 14.8 Å². The van der Waals surface area contributed by atoms with E-state index in [0.717, 1.165) is 43.0 Å². The Morgan fingerprint density at radius 3 is 2.96 bits per heavy atom. The van der Waals surface area contributed by atoms with Crippen molar-refractivity contribution < 1.29 is 9.59 Å². The Kier molecular flexibility index (Phi) is 3.33. The van der Waals surface area contributed by atoms with Gasteiger partial charge >= 0.3 is 0 Å². The molecule has 0 aromatic carbocycles. The SMILES string of the molecule is C[C@]1(c2ccsc2)CC(=O)N(Cc2nnc3n2CCCC3)C1=O. The zero-order chi connectivity index (χ0) is 16.0. The highest BCUT2D eigenvalue weighted by Crippen LogP contribution is 2.37. The molecule has 120 valence electrons. The number of hydrogen-bond acceptors (Lipinski definition) is 5. The molecule has 6 nitrogen and oxygen atoms in total. The maximum Gasteiger partial charge on any atom is 0.240 e. The topological polar surface area (TPSA) is 68.1 Å². The highest BCUT2D eigenvalue weighted by atomic mass is 32.1. The third-order valence-electron chi connectivity index (χ3n) is 4.92. The minimum atomic E-state index is -0.748. The first-order valence-electron chi connectivity index (χ1n) is 7.88. The lowest BCUT2D eigenvalue weighted by molar-refractivity contribution is -0.140. The second kappa shape index (κ2) is 5.26. The van der Waals surface area contributed by atoms with E-state index in [1.165, 1.54) is 4.90 Å². The molecular weight excluding hydrogens is 312 g/mol. The third-order valence-corrected chi connectivity index (χ3v) is 5.60. The average molecular weight is 330 g/mol. The van der Waals surface area contributed by atoms with Crippen molar-refractivity contribution in [3.63, 3.8) is 0 Å². The summed E-state index contributed by atoms with van der Waals surface area (Å²) < 4.78 is 2.06. The van der Waals surface area contributed by atoms with Gasteiger partial charge in [0.2, 0.25) is 11.8 Å². The van der Waals surface area contributed by atoms with Crippen LogP contribution in [-0.4, -0.2) is 31.5 Å². The van der Waals surface area contributed by atoms with Crippen LogP contribution in [0.25, 0.3) is 0 Å². The van der Waals surface area contributed by atoms with Crippen LogP contribution >= 0.6 is 11.3 Å². The molecule has 0 unspecified atom stereocenters. The van der Waals surface area contributed by atoms with E-state index in [0.29, 0.717) is 0 Å². The van der Waals surface area contributed by atoms with Crippen LogP contribution in [0.2, 0.25) is 0 Å². The first kappa shape index (κ1) is 14.6. The molecule has 2 aliphatic rings. The van der Waals surface area contributed by atoms with E-state index in [-0.39, 0.29) is 24.8 Å². The van der Waals surface area contributed by atoms with Gasteiger partial charge in [-0.25, -0.2) is 0 Å². The molecule has 0 radical (unpaired) electrons. The fourth-order valence-electron chi connectivity index (χ4n) is 3.48. The van der Waals surface area contributed by atoms with Gasteiger partial charge in [0.15, 0.2) is 5.82 Å². The van der Waals surface area contributed by atoms with Gasteiger partial charge in [0.1, 0.15) is 5.82 Å². The van der Waals surface area contributed by atoms with Crippen LogP contribution < -0.4 is 0 Å². The highest BCUT2D eigenvalue weighted by Gasteiger charge is 2.49. The molecule has 0 bridgehead atoms. The lowest BCUT2D eigenvalue weighted by atomic mass is 9.83. The van der Waals surface area contributed by atoms with Crippen molar-refractivity contribution in [3.05, 3.63) is 34.0 Å². The summed E-state index contributed by atoms with van der Waals surface area (Å²) in [7, 11) is 0. The molecule has 1 saturated heterocycles. The van der Waals surface area contributed by atoms with Crippen molar-refractivity contribution in [3.8, 4) is 0 Å². The maximum atomic E-state index is 12.9. The number of hydrogen-bond donors (Lipinski definition) is 0. The molecule has 0 aliphatic carbocycles. The summed E-state index contributed by atoms with van der Waals surface area (Å²) in [5.41, 5.74) is 0.175. The zero-order valence-corrected chi connectivity index (χ0v) is 13.8. The fourth-order valence-corrected chi connectivity index (χ4v) is 4.26. The molecule has 0 N–H and O–H groups in total. The molecule has 2 aliphatic heterocycles. The van der Waals surface area contributed by atoms with Crippen molar-refractivity contribution in [2.45, 2.75) is 51.1 Å². The minimum absolute atomic E-state index is 0.128. The smallest absolute Gasteiger partial charge is 0.240 e. The first-order valence-corrected chi connectivity index (χ1v) is 8.82. The van der Waals surface area contributed by atoms with E-state index in [4.69, 9.17) is 0 Å². The van der Waals surface area contributed by atoms with Crippen LogP contribution in [0.3, 0.4) is 0 Å². The summed E-state index contributed by atoms with van der Waals surface area (Å²) in [6.07, 6.45) is 3.35. The highest BCUT2D eigenvalue weighted by molar-refractivity contribution is 7.08. The summed E-state index contributed by atoms with van der Waals surface area (Å²) >= 11 is 1.54. The number of rotatable bonds is 3. The van der Waals surface area contributed by atoms with Crippen LogP contribution in [0.4, 0.5) is 0 Å². The Morgan fingerprint density at radius 2 is 2.17 bits per heavy atom. The zero-order valence-electron chi connectivity index (χ0n) is 13.0. The van der Waals surface area contributed by atoms with Gasteiger partial charge in [0, 0.05) is 19.4 Å². The van der Waals surface area contributed by atoms with Gasteiger partial charge in [0.05, 0.1) is 12.0 Å². The number of thiophene rings is 1. The second-order valence-corrected chi connectivity index (χ2v) is 7.23. The summed E-state index contributed by atoms with van der Waals surface area (Å²) in [5, 5.41) is 12.3. The number of nitrogens with zero attached hydrogens (tertiary/aromatic N) is 4. The quantitative estimate of drug-likeness (QED) is 0.806. The molecule has 2 aromatic rings. The van der Waals surface area contributed by atoms with Crippen LogP contribution in [0.5, 0.6) is 0 Å². The molecule has 4 rings (SSSR count). The third kappa shape index (κ3) is 2.22. The number of carbonyl (C=O) groups excluding carboxylic acids is 2. The molecule has 23 heavy (non-hydrogen) atoms. The number of aromatic nitrogens is 3. The van der Waals surface area contributed by atoms with Crippen LogP contribution in [0, 0.1) is 0 Å². The van der Waals surface area contributed by atoms with Crippen molar-refractivity contribution in [1.82, 2.24) is 19.7 Å². The lowest BCUT2D eigenvalue weighted by Crippen LogP contribution is -2.36. The number of aryl methyl sites for hydroxylation is 1. The minimum Gasteiger partial charge on any atom is -0.313 e. The normalized spacial score (nSPS) is 24.3. The van der Waals surface area contributed by atoms with Crippen LogP contribution in [-0.2, 0) is 34.5 Å². The summed E-state index contributed by atoms with van der Waals surface area (Å²) in [6.45, 7) is 2.95. The van der Waals surface area contributed by atoms with Gasteiger partial charge in [0.25, 0.3) is 0 Å². The Hall–Kier alpha value is -2.02. The lowest BCUT2D eigenvalue weighted by Gasteiger charge is -2.22. The average Bonchev–Trinajstić information content (AvgIpc) is 3.25. The van der Waals surface area contributed by atoms with Crippen molar-refractivity contribution >= 4 is 23.2 Å². The van der Waals surface area contributed by atoms with E-state index >= 15 is 0 Å². The summed E-state index contributed by atoms with van der Waals surface area (Å²) in [5.74, 6) is 1.42. The van der Waals surface area contributed by atoms with E-state index in [1.807, 2.05) is 23.8 Å². The molecule has 2 amide bonds. The predicted molar refractivity (Wildman–Crippen MR) is 84.8 cm³/mol. The predicted octanol–water partition coefficient (Wildman–Crippen LogP) is 1.89. The van der Waals surface area contributed by atoms with Crippen molar-refractivity contribution in [2.75, 3.05) is 0 Å². The molecule has 7 heteroatoms. The monoisotopic (exact) mass is 330 g/mol. The van der Waals surface area contributed by atoms with Gasteiger partial charge in [-0.1, -0.05) is 0 Å². The largest absolute Gasteiger partial charge is 0.313 e. The number of likely N-dealkylation sites (tertiary alicyclic amines) is 1. The Morgan fingerprint density at radius 1 is 1.30 bits per heavy atom. The first-order chi connectivity index (χ1) is 11.1. The molecule has 0 saturated carbocycles. The number of carbonyl (C=O) groups is 2. The van der Waals surface area contributed by atoms with Crippen LogP contribution in [0.15, 0.2) is 16.8 Å². The molecule has 4 heterocycles. The Labute approximate surface area is 138 Å². The van der Waals surface area contributed by atoms with Gasteiger partial charge in [-0.05, 0) is 42.2 Å². The van der Waals surface area contributed by atoms with Gasteiger partial charge in [-0.3, -0.25) is 14.5 Å².